The molecule has 2 aromatic heterocycles. The molecule has 38 heavy (non-hydrogen) atoms. The smallest absolute Gasteiger partial charge is 0.265 e. The fourth-order valence-corrected chi connectivity index (χ4v) is 6.00. The lowest BCUT2D eigenvalue weighted by Crippen LogP contribution is -2.31. The summed E-state index contributed by atoms with van der Waals surface area (Å²) >= 11 is 1.46. The normalized spacial score (nSPS) is 14.0. The van der Waals surface area contributed by atoms with E-state index in [9.17, 15) is 14.9 Å². The molecule has 1 atom stereocenters. The number of nitrogens with one attached hydrogen (secondary N) is 1. The lowest BCUT2D eigenvalue weighted by molar-refractivity contribution is -0.122. The number of fused-ring (bicyclic) bond motifs is 2. The van der Waals surface area contributed by atoms with Gasteiger partial charge in [0, 0.05) is 10.4 Å². The van der Waals surface area contributed by atoms with Gasteiger partial charge in [0.15, 0.2) is 11.9 Å². The van der Waals surface area contributed by atoms with E-state index < -0.39 is 12.0 Å². The van der Waals surface area contributed by atoms with Gasteiger partial charge in [0.05, 0.1) is 10.9 Å². The number of aryl methyl sites for hydroxylation is 1. The maximum absolute atomic E-state index is 13.5. The fraction of sp³-hybridized carbons (Fsp3) is 0.323. The molecule has 0 saturated heterocycles. The summed E-state index contributed by atoms with van der Waals surface area (Å²) in [6.45, 7) is 7.99. The molecule has 0 bridgehead atoms. The third-order valence-corrected chi connectivity index (χ3v) is 8.16. The van der Waals surface area contributed by atoms with Crippen molar-refractivity contribution < 1.29 is 13.9 Å². The molecule has 4 aromatic rings. The highest BCUT2D eigenvalue weighted by atomic mass is 32.1. The quantitative estimate of drug-likeness (QED) is 0.303. The molecule has 1 N–H and O–H groups in total. The van der Waals surface area contributed by atoms with Crippen LogP contribution in [-0.2, 0) is 23.1 Å². The van der Waals surface area contributed by atoms with Crippen LogP contribution in [0.15, 0.2) is 57.7 Å². The minimum atomic E-state index is -1.00. The van der Waals surface area contributed by atoms with Crippen molar-refractivity contribution in [3.8, 4) is 23.1 Å². The van der Waals surface area contributed by atoms with E-state index in [4.69, 9.17) is 9.15 Å². The summed E-state index contributed by atoms with van der Waals surface area (Å²) < 4.78 is 12.2. The molecule has 0 fully saturated rings. The molecular weight excluding hydrogens is 496 g/mol. The maximum atomic E-state index is 13.5. The molecule has 0 aliphatic heterocycles. The molecule has 2 aromatic carbocycles. The number of carbonyl (C=O) groups excluding carboxylic acids is 1. The molecule has 1 unspecified atom stereocenters. The predicted molar refractivity (Wildman–Crippen MR) is 151 cm³/mol. The Morgan fingerprint density at radius 2 is 1.82 bits per heavy atom. The number of hydrogen-bond donors (Lipinski definition) is 1. The number of hydrogen-bond acceptors (Lipinski definition) is 6. The maximum Gasteiger partial charge on any atom is 0.265 e. The number of benzene rings is 2. The van der Waals surface area contributed by atoms with Gasteiger partial charge in [-0.1, -0.05) is 57.2 Å². The average Bonchev–Trinajstić information content (AvgIpc) is 3.26. The number of anilines is 1. The van der Waals surface area contributed by atoms with Gasteiger partial charge in [-0.2, -0.15) is 5.26 Å². The molecule has 5 rings (SSSR count). The summed E-state index contributed by atoms with van der Waals surface area (Å²) in [7, 11) is 0. The van der Waals surface area contributed by atoms with Gasteiger partial charge in [-0.3, -0.25) is 9.59 Å². The van der Waals surface area contributed by atoms with E-state index in [0.29, 0.717) is 27.1 Å². The van der Waals surface area contributed by atoms with Crippen LogP contribution in [0.5, 0.6) is 5.75 Å². The van der Waals surface area contributed by atoms with Gasteiger partial charge in [0.1, 0.15) is 16.7 Å². The Kier molecular flexibility index (Phi) is 6.85. The zero-order valence-corrected chi connectivity index (χ0v) is 22.8. The second-order valence-corrected chi connectivity index (χ2v) is 11.8. The second kappa shape index (κ2) is 10.1. The van der Waals surface area contributed by atoms with Gasteiger partial charge in [-0.25, -0.2) is 0 Å². The van der Waals surface area contributed by atoms with E-state index in [1.807, 2.05) is 30.3 Å². The number of ether oxygens (including phenoxy) is 1. The Morgan fingerprint density at radius 1 is 1.11 bits per heavy atom. The van der Waals surface area contributed by atoms with Crippen LogP contribution < -0.4 is 15.5 Å². The predicted octanol–water partition coefficient (Wildman–Crippen LogP) is 6.98. The van der Waals surface area contributed by atoms with Crippen LogP contribution in [-0.4, -0.2) is 12.0 Å². The van der Waals surface area contributed by atoms with Gasteiger partial charge in [0.2, 0.25) is 11.2 Å². The number of para-hydroxylation sites is 1. The molecule has 7 heteroatoms. The molecule has 2 heterocycles. The number of thiophene rings is 1. The van der Waals surface area contributed by atoms with Gasteiger partial charge in [0.25, 0.3) is 5.91 Å². The van der Waals surface area contributed by atoms with Crippen LogP contribution in [0.2, 0.25) is 0 Å². The van der Waals surface area contributed by atoms with Gasteiger partial charge < -0.3 is 14.5 Å². The number of amides is 1. The zero-order valence-electron chi connectivity index (χ0n) is 22.0. The van der Waals surface area contributed by atoms with E-state index >= 15 is 0 Å². The van der Waals surface area contributed by atoms with Crippen LogP contribution in [0.3, 0.4) is 0 Å². The van der Waals surface area contributed by atoms with Gasteiger partial charge in [-0.05, 0) is 61.3 Å². The second-order valence-electron chi connectivity index (χ2n) is 10.7. The summed E-state index contributed by atoms with van der Waals surface area (Å²) in [6, 6.07) is 17.1. The highest BCUT2D eigenvalue weighted by Gasteiger charge is 2.26. The molecule has 1 aliphatic rings. The van der Waals surface area contributed by atoms with Crippen LogP contribution in [0.1, 0.15) is 62.1 Å². The molecule has 0 spiro atoms. The van der Waals surface area contributed by atoms with Gasteiger partial charge >= 0.3 is 0 Å². The van der Waals surface area contributed by atoms with Crippen molar-refractivity contribution in [1.82, 2.24) is 0 Å². The SMILES string of the molecule is CC(Oc1c(-c2ccc(C(C)(C)C)cc2)oc2ccccc2c1=O)C(=O)Nc1sc2c(c1C#N)CCCC2. The van der Waals surface area contributed by atoms with Crippen LogP contribution in [0, 0.1) is 11.3 Å². The van der Waals surface area contributed by atoms with Crippen molar-refractivity contribution in [3.05, 3.63) is 80.3 Å². The number of nitriles is 1. The van der Waals surface area contributed by atoms with Crippen LogP contribution >= 0.6 is 11.3 Å². The van der Waals surface area contributed by atoms with E-state index in [0.717, 1.165) is 41.7 Å². The summed E-state index contributed by atoms with van der Waals surface area (Å²) in [5, 5.41) is 13.5. The van der Waals surface area contributed by atoms with E-state index in [-0.39, 0.29) is 22.4 Å². The Balaban J connectivity index is 1.49. The molecule has 194 valence electrons. The first kappa shape index (κ1) is 25.7. The van der Waals surface area contributed by atoms with Crippen LogP contribution in [0.4, 0.5) is 5.00 Å². The first-order chi connectivity index (χ1) is 18.2. The molecule has 0 radical (unpaired) electrons. The van der Waals surface area contributed by atoms with Crippen molar-refractivity contribution in [2.45, 2.75) is 64.9 Å². The molecule has 1 aliphatic carbocycles. The number of rotatable bonds is 5. The van der Waals surface area contributed by atoms with E-state index in [1.165, 1.54) is 11.3 Å². The summed E-state index contributed by atoms with van der Waals surface area (Å²) in [4.78, 5) is 27.9. The summed E-state index contributed by atoms with van der Waals surface area (Å²) in [5.74, 6) is -0.166. The Bertz CT molecular complexity index is 1620. The highest BCUT2D eigenvalue weighted by molar-refractivity contribution is 7.16. The first-order valence-electron chi connectivity index (χ1n) is 12.9. The van der Waals surface area contributed by atoms with Crippen molar-refractivity contribution >= 4 is 33.2 Å². The summed E-state index contributed by atoms with van der Waals surface area (Å²) in [5.41, 5.74) is 3.48. The highest BCUT2D eigenvalue weighted by Crippen LogP contribution is 2.38. The molecular formula is C31H30N2O4S. The van der Waals surface area contributed by atoms with E-state index in [1.54, 1.807) is 25.1 Å². The third kappa shape index (κ3) is 4.84. The number of nitrogens with zero attached hydrogens (tertiary/aromatic N) is 1. The Labute approximate surface area is 225 Å². The van der Waals surface area contributed by atoms with Crippen molar-refractivity contribution in [1.29, 1.82) is 5.26 Å². The fourth-order valence-electron chi connectivity index (χ4n) is 4.76. The molecule has 6 nitrogen and oxygen atoms in total. The largest absolute Gasteiger partial charge is 0.473 e. The standard InChI is InChI=1S/C31H30N2O4S/c1-18(29(35)33-30-23(17-32)21-9-6-8-12-25(21)38-30)36-28-26(34)22-10-5-7-11-24(22)37-27(28)19-13-15-20(16-14-19)31(2,3)4/h5,7,10-11,13-16,18H,6,8-9,12H2,1-4H3,(H,33,35). The molecule has 1 amide bonds. The average molecular weight is 527 g/mol. The van der Waals surface area contributed by atoms with Crippen molar-refractivity contribution in [2.24, 2.45) is 0 Å². The third-order valence-electron chi connectivity index (χ3n) is 6.95. The Morgan fingerprint density at radius 3 is 2.53 bits per heavy atom. The molecule has 0 saturated carbocycles. The van der Waals surface area contributed by atoms with Gasteiger partial charge in [-0.15, -0.1) is 11.3 Å². The van der Waals surface area contributed by atoms with Crippen molar-refractivity contribution in [3.63, 3.8) is 0 Å². The zero-order chi connectivity index (χ0) is 27.0. The summed E-state index contributed by atoms with van der Waals surface area (Å²) in [6.07, 6.45) is 2.90. The minimum absolute atomic E-state index is 0.0131. The lowest BCUT2D eigenvalue weighted by atomic mass is 9.86. The number of carbonyl (C=O) groups is 1. The van der Waals surface area contributed by atoms with Crippen LogP contribution in [0.25, 0.3) is 22.3 Å². The van der Waals surface area contributed by atoms with E-state index in [2.05, 4.69) is 32.2 Å². The topological polar surface area (TPSA) is 92.3 Å². The minimum Gasteiger partial charge on any atom is -0.473 e. The first-order valence-corrected chi connectivity index (χ1v) is 13.7. The monoisotopic (exact) mass is 526 g/mol. The van der Waals surface area contributed by atoms with Crippen molar-refractivity contribution in [2.75, 3.05) is 5.32 Å². The lowest BCUT2D eigenvalue weighted by Gasteiger charge is -2.20. The Hall–Kier alpha value is -3.89.